The van der Waals surface area contributed by atoms with Crippen molar-refractivity contribution in [3.05, 3.63) is 42.2 Å². The Bertz CT molecular complexity index is 471. The molecule has 0 radical (unpaired) electrons. The highest BCUT2D eigenvalue weighted by Crippen LogP contribution is 2.22. The number of furan rings is 1. The van der Waals surface area contributed by atoms with Gasteiger partial charge in [-0.3, -0.25) is 0 Å². The van der Waals surface area contributed by atoms with E-state index in [1.54, 1.807) is 19.6 Å². The van der Waals surface area contributed by atoms with Crippen LogP contribution in [0.4, 0.5) is 0 Å². The zero-order valence-corrected chi connectivity index (χ0v) is 10.6. The normalized spacial score (nSPS) is 12.3. The fourth-order valence-electron chi connectivity index (χ4n) is 1.74. The van der Waals surface area contributed by atoms with E-state index in [0.29, 0.717) is 5.88 Å². The molecule has 2 heterocycles. The second-order valence-electron chi connectivity index (χ2n) is 3.93. The van der Waals surface area contributed by atoms with Crippen LogP contribution in [0.3, 0.4) is 0 Å². The van der Waals surface area contributed by atoms with Gasteiger partial charge in [0.15, 0.2) is 0 Å². The minimum absolute atomic E-state index is 0.000556. The molecular formula is C13H17N3O2. The van der Waals surface area contributed by atoms with E-state index in [4.69, 9.17) is 9.15 Å². The second kappa shape index (κ2) is 6.16. The van der Waals surface area contributed by atoms with Crippen molar-refractivity contribution in [1.29, 1.82) is 0 Å². The SMILES string of the molecule is CCCNC(c1ccoc1)c1cc(OC)ncn1. The second-order valence-corrected chi connectivity index (χ2v) is 3.93. The van der Waals surface area contributed by atoms with Gasteiger partial charge >= 0.3 is 0 Å². The molecule has 2 rings (SSSR count). The molecule has 5 heteroatoms. The molecule has 5 nitrogen and oxygen atoms in total. The zero-order chi connectivity index (χ0) is 12.8. The van der Waals surface area contributed by atoms with E-state index in [1.165, 1.54) is 6.33 Å². The minimum Gasteiger partial charge on any atom is -0.481 e. The molecule has 1 atom stereocenters. The molecule has 0 aliphatic carbocycles. The maximum atomic E-state index is 5.14. The van der Waals surface area contributed by atoms with Crippen LogP contribution in [-0.2, 0) is 0 Å². The largest absolute Gasteiger partial charge is 0.481 e. The number of hydrogen-bond acceptors (Lipinski definition) is 5. The van der Waals surface area contributed by atoms with Crippen molar-refractivity contribution in [2.45, 2.75) is 19.4 Å². The van der Waals surface area contributed by atoms with Crippen LogP contribution < -0.4 is 10.1 Å². The maximum Gasteiger partial charge on any atom is 0.216 e. The lowest BCUT2D eigenvalue weighted by molar-refractivity contribution is 0.394. The van der Waals surface area contributed by atoms with Gasteiger partial charge in [-0.25, -0.2) is 9.97 Å². The van der Waals surface area contributed by atoms with Crippen molar-refractivity contribution < 1.29 is 9.15 Å². The molecule has 0 amide bonds. The Morgan fingerprint density at radius 1 is 1.44 bits per heavy atom. The summed E-state index contributed by atoms with van der Waals surface area (Å²) >= 11 is 0. The predicted molar refractivity (Wildman–Crippen MR) is 67.4 cm³/mol. The zero-order valence-electron chi connectivity index (χ0n) is 10.6. The Labute approximate surface area is 106 Å². The molecule has 0 aliphatic rings. The summed E-state index contributed by atoms with van der Waals surface area (Å²) in [5.74, 6) is 0.562. The van der Waals surface area contributed by atoms with Crippen LogP contribution >= 0.6 is 0 Å². The molecule has 0 saturated heterocycles. The first kappa shape index (κ1) is 12.6. The molecule has 96 valence electrons. The van der Waals surface area contributed by atoms with Gasteiger partial charge in [0.1, 0.15) is 6.33 Å². The predicted octanol–water partition coefficient (Wildman–Crippen LogP) is 2.17. The third kappa shape index (κ3) is 2.87. The number of hydrogen-bond donors (Lipinski definition) is 1. The summed E-state index contributed by atoms with van der Waals surface area (Å²) in [6.45, 7) is 3.03. The topological polar surface area (TPSA) is 60.2 Å². The highest BCUT2D eigenvalue weighted by Gasteiger charge is 2.16. The number of ether oxygens (including phenoxy) is 1. The summed E-state index contributed by atoms with van der Waals surface area (Å²) in [7, 11) is 1.60. The quantitative estimate of drug-likeness (QED) is 0.847. The van der Waals surface area contributed by atoms with E-state index in [0.717, 1.165) is 24.2 Å². The van der Waals surface area contributed by atoms with E-state index in [2.05, 4.69) is 22.2 Å². The Hall–Kier alpha value is -1.88. The van der Waals surface area contributed by atoms with E-state index < -0.39 is 0 Å². The Morgan fingerprint density at radius 2 is 2.33 bits per heavy atom. The number of nitrogens with zero attached hydrogens (tertiary/aromatic N) is 2. The highest BCUT2D eigenvalue weighted by molar-refractivity contribution is 5.26. The molecular weight excluding hydrogens is 230 g/mol. The van der Waals surface area contributed by atoms with E-state index in [9.17, 15) is 0 Å². The monoisotopic (exact) mass is 247 g/mol. The average molecular weight is 247 g/mol. The summed E-state index contributed by atoms with van der Waals surface area (Å²) in [5, 5.41) is 3.43. The van der Waals surface area contributed by atoms with E-state index in [-0.39, 0.29) is 6.04 Å². The third-order valence-corrected chi connectivity index (χ3v) is 2.64. The molecule has 0 fully saturated rings. The molecule has 0 saturated carbocycles. The van der Waals surface area contributed by atoms with Crippen molar-refractivity contribution >= 4 is 0 Å². The standard InChI is InChI=1S/C13H17N3O2/c1-3-5-14-13(10-4-6-18-8-10)11-7-12(17-2)16-9-15-11/h4,6-9,13-14H,3,5H2,1-2H3. The molecule has 1 unspecified atom stereocenters. The lowest BCUT2D eigenvalue weighted by Gasteiger charge is -2.16. The van der Waals surface area contributed by atoms with Crippen molar-refractivity contribution in [2.24, 2.45) is 0 Å². The molecule has 0 aliphatic heterocycles. The summed E-state index contributed by atoms with van der Waals surface area (Å²) in [4.78, 5) is 8.32. The van der Waals surface area contributed by atoms with Gasteiger partial charge in [-0.1, -0.05) is 6.92 Å². The minimum atomic E-state index is 0.000556. The van der Waals surface area contributed by atoms with Crippen molar-refractivity contribution in [3.8, 4) is 5.88 Å². The fourth-order valence-corrected chi connectivity index (χ4v) is 1.74. The van der Waals surface area contributed by atoms with Crippen LogP contribution in [-0.4, -0.2) is 23.6 Å². The molecule has 2 aromatic rings. The first-order chi connectivity index (χ1) is 8.85. The van der Waals surface area contributed by atoms with E-state index in [1.807, 2.05) is 12.1 Å². The van der Waals surface area contributed by atoms with Gasteiger partial charge in [0.05, 0.1) is 31.4 Å². The lowest BCUT2D eigenvalue weighted by atomic mass is 10.1. The van der Waals surface area contributed by atoms with Gasteiger partial charge < -0.3 is 14.5 Å². The van der Waals surface area contributed by atoms with Crippen LogP contribution in [0.2, 0.25) is 0 Å². The molecule has 18 heavy (non-hydrogen) atoms. The van der Waals surface area contributed by atoms with Gasteiger partial charge in [-0.05, 0) is 19.0 Å². The van der Waals surface area contributed by atoms with Crippen LogP contribution in [0.15, 0.2) is 35.4 Å². The Morgan fingerprint density at radius 3 is 3.00 bits per heavy atom. The summed E-state index contributed by atoms with van der Waals surface area (Å²) in [6, 6.07) is 3.77. The van der Waals surface area contributed by atoms with Crippen LogP contribution in [0.1, 0.15) is 30.6 Å². The fraction of sp³-hybridized carbons (Fsp3) is 0.385. The van der Waals surface area contributed by atoms with Gasteiger partial charge in [0.25, 0.3) is 0 Å². The average Bonchev–Trinajstić information content (AvgIpc) is 2.93. The summed E-state index contributed by atoms with van der Waals surface area (Å²) in [6.07, 6.45) is 5.95. The third-order valence-electron chi connectivity index (χ3n) is 2.64. The van der Waals surface area contributed by atoms with Crippen molar-refractivity contribution in [2.75, 3.05) is 13.7 Å². The molecule has 2 aromatic heterocycles. The van der Waals surface area contributed by atoms with Gasteiger partial charge in [0.2, 0.25) is 5.88 Å². The lowest BCUT2D eigenvalue weighted by Crippen LogP contribution is -2.23. The first-order valence-electron chi connectivity index (χ1n) is 5.96. The van der Waals surface area contributed by atoms with Crippen molar-refractivity contribution in [3.63, 3.8) is 0 Å². The maximum absolute atomic E-state index is 5.14. The van der Waals surface area contributed by atoms with Crippen molar-refractivity contribution in [1.82, 2.24) is 15.3 Å². The summed E-state index contributed by atoms with van der Waals surface area (Å²) in [5.41, 5.74) is 1.92. The highest BCUT2D eigenvalue weighted by atomic mass is 16.5. The Balaban J connectivity index is 2.27. The Kier molecular flexibility index (Phi) is 4.30. The number of rotatable bonds is 6. The number of aromatic nitrogens is 2. The molecule has 0 bridgehead atoms. The van der Waals surface area contributed by atoms with Gasteiger partial charge in [0, 0.05) is 11.6 Å². The van der Waals surface area contributed by atoms with Crippen LogP contribution in [0, 0.1) is 0 Å². The van der Waals surface area contributed by atoms with E-state index >= 15 is 0 Å². The van der Waals surface area contributed by atoms with Gasteiger partial charge in [-0.2, -0.15) is 0 Å². The summed E-state index contributed by atoms with van der Waals surface area (Å²) < 4.78 is 10.3. The molecule has 0 spiro atoms. The van der Waals surface area contributed by atoms with Crippen LogP contribution in [0.25, 0.3) is 0 Å². The van der Waals surface area contributed by atoms with Crippen LogP contribution in [0.5, 0.6) is 5.88 Å². The molecule has 0 aromatic carbocycles. The number of methoxy groups -OCH3 is 1. The molecule has 1 N–H and O–H groups in total. The smallest absolute Gasteiger partial charge is 0.216 e. The first-order valence-corrected chi connectivity index (χ1v) is 5.96. The number of nitrogens with one attached hydrogen (secondary N) is 1. The van der Waals surface area contributed by atoms with Gasteiger partial charge in [-0.15, -0.1) is 0 Å².